The van der Waals surface area contributed by atoms with Gasteiger partial charge in [0.15, 0.2) is 0 Å². The zero-order valence-corrected chi connectivity index (χ0v) is 10.8. The summed E-state index contributed by atoms with van der Waals surface area (Å²) in [6, 6.07) is 0. The molecule has 0 aromatic carbocycles. The van der Waals surface area contributed by atoms with Gasteiger partial charge in [-0.2, -0.15) is 0 Å². The van der Waals surface area contributed by atoms with Crippen molar-refractivity contribution >= 4 is 23.8 Å². The predicted molar refractivity (Wildman–Crippen MR) is 63.3 cm³/mol. The first-order chi connectivity index (χ1) is 7.63. The molecule has 0 saturated carbocycles. The summed E-state index contributed by atoms with van der Waals surface area (Å²) in [5.41, 5.74) is 0. The molecule has 0 aliphatic rings. The summed E-state index contributed by atoms with van der Waals surface area (Å²) in [5.74, 6) is -0.354. The van der Waals surface area contributed by atoms with E-state index in [0.29, 0.717) is 6.61 Å². The molecule has 0 bridgehead atoms. The smallest absolute Gasteiger partial charge is 0.408 e. The topological polar surface area (TPSA) is 64.6 Å². The Labute approximate surface area is 100 Å². The second kappa shape index (κ2) is 9.33. The number of nitrogens with one attached hydrogen (secondary N) is 1. The average molecular weight is 249 g/mol. The average Bonchev–Trinajstić information content (AvgIpc) is 2.28. The highest BCUT2D eigenvalue weighted by Crippen LogP contribution is 2.08. The van der Waals surface area contributed by atoms with Crippen LogP contribution in [0.1, 0.15) is 26.2 Å². The van der Waals surface area contributed by atoms with E-state index in [-0.39, 0.29) is 17.8 Å². The SMILES string of the molecule is CCCCOC(=O)NC(CC(=O)OC)SC. The minimum atomic E-state index is -0.489. The van der Waals surface area contributed by atoms with Crippen LogP contribution in [0.4, 0.5) is 4.79 Å². The molecule has 1 amide bonds. The molecule has 0 spiro atoms. The summed E-state index contributed by atoms with van der Waals surface area (Å²) in [6.45, 7) is 2.42. The lowest BCUT2D eigenvalue weighted by Gasteiger charge is -2.14. The van der Waals surface area contributed by atoms with Crippen LogP contribution < -0.4 is 5.32 Å². The van der Waals surface area contributed by atoms with Gasteiger partial charge in [-0.05, 0) is 12.7 Å². The van der Waals surface area contributed by atoms with Crippen LogP contribution in [0, 0.1) is 0 Å². The third-order valence-corrected chi connectivity index (χ3v) is 2.73. The molecule has 0 aromatic rings. The van der Waals surface area contributed by atoms with E-state index in [1.54, 1.807) is 6.26 Å². The molecule has 1 atom stereocenters. The van der Waals surface area contributed by atoms with E-state index in [0.717, 1.165) is 12.8 Å². The van der Waals surface area contributed by atoms with Crippen LogP contribution in [-0.4, -0.2) is 37.4 Å². The highest BCUT2D eigenvalue weighted by Gasteiger charge is 2.16. The number of ether oxygens (including phenoxy) is 2. The van der Waals surface area contributed by atoms with Gasteiger partial charge in [0, 0.05) is 0 Å². The Balaban J connectivity index is 3.83. The number of unbranched alkanes of at least 4 members (excludes halogenated alkanes) is 1. The van der Waals surface area contributed by atoms with Crippen molar-refractivity contribution in [3.63, 3.8) is 0 Å². The molecule has 0 aliphatic heterocycles. The van der Waals surface area contributed by atoms with Crippen LogP contribution in [-0.2, 0) is 14.3 Å². The second-order valence-electron chi connectivity index (χ2n) is 3.14. The molecule has 0 heterocycles. The van der Waals surface area contributed by atoms with Gasteiger partial charge in [-0.25, -0.2) is 4.79 Å². The minimum absolute atomic E-state index is 0.139. The number of methoxy groups -OCH3 is 1. The van der Waals surface area contributed by atoms with Crippen molar-refractivity contribution in [2.75, 3.05) is 20.0 Å². The number of hydrogen-bond donors (Lipinski definition) is 1. The van der Waals surface area contributed by atoms with Gasteiger partial charge in [0.2, 0.25) is 0 Å². The summed E-state index contributed by atoms with van der Waals surface area (Å²) in [5, 5.41) is 2.29. The molecule has 0 fully saturated rings. The monoisotopic (exact) mass is 249 g/mol. The van der Waals surface area contributed by atoms with E-state index in [4.69, 9.17) is 4.74 Å². The molecule has 0 saturated heterocycles. The van der Waals surface area contributed by atoms with Gasteiger partial charge in [-0.1, -0.05) is 13.3 Å². The van der Waals surface area contributed by atoms with Gasteiger partial charge < -0.3 is 14.8 Å². The lowest BCUT2D eigenvalue weighted by Crippen LogP contribution is -2.34. The van der Waals surface area contributed by atoms with Gasteiger partial charge in [0.05, 0.1) is 25.5 Å². The second-order valence-corrected chi connectivity index (χ2v) is 4.18. The predicted octanol–water partition coefficient (Wildman–Crippen LogP) is 1.76. The molecular formula is C10H19NO4S. The standard InChI is InChI=1S/C10H19NO4S/c1-4-5-6-15-10(13)11-8(16-3)7-9(12)14-2/h8H,4-7H2,1-3H3,(H,11,13). The first kappa shape index (κ1) is 15.1. The lowest BCUT2D eigenvalue weighted by molar-refractivity contribution is -0.140. The maximum Gasteiger partial charge on any atom is 0.408 e. The zero-order chi connectivity index (χ0) is 12.4. The number of thioether (sulfide) groups is 1. The fraction of sp³-hybridized carbons (Fsp3) is 0.800. The maximum atomic E-state index is 11.3. The third-order valence-electron chi connectivity index (χ3n) is 1.87. The zero-order valence-electron chi connectivity index (χ0n) is 9.95. The van der Waals surface area contributed by atoms with Gasteiger partial charge in [0.25, 0.3) is 0 Å². The maximum absolute atomic E-state index is 11.3. The fourth-order valence-electron chi connectivity index (χ4n) is 0.910. The number of rotatable bonds is 7. The Hall–Kier alpha value is -0.910. The third kappa shape index (κ3) is 7.39. The van der Waals surface area contributed by atoms with Crippen LogP contribution in [0.15, 0.2) is 0 Å². The van der Waals surface area contributed by atoms with Crippen LogP contribution in [0.5, 0.6) is 0 Å². The Kier molecular flexibility index (Phi) is 8.80. The molecule has 0 rings (SSSR count). The van der Waals surface area contributed by atoms with Crippen LogP contribution >= 0.6 is 11.8 Å². The first-order valence-electron chi connectivity index (χ1n) is 5.16. The van der Waals surface area contributed by atoms with E-state index < -0.39 is 6.09 Å². The largest absolute Gasteiger partial charge is 0.469 e. The van der Waals surface area contributed by atoms with Gasteiger partial charge in [-0.3, -0.25) is 4.79 Å². The highest BCUT2D eigenvalue weighted by molar-refractivity contribution is 7.99. The molecule has 0 aromatic heterocycles. The Bertz CT molecular complexity index is 223. The number of alkyl carbamates (subject to hydrolysis) is 1. The highest BCUT2D eigenvalue weighted by atomic mass is 32.2. The summed E-state index contributed by atoms with van der Waals surface area (Å²) in [4.78, 5) is 22.3. The van der Waals surface area contributed by atoms with Crippen molar-refractivity contribution in [3.8, 4) is 0 Å². The summed E-state index contributed by atoms with van der Waals surface area (Å²) in [6.07, 6.45) is 3.27. The molecule has 0 aliphatic carbocycles. The molecule has 5 nitrogen and oxygen atoms in total. The Morgan fingerprint density at radius 3 is 2.62 bits per heavy atom. The van der Waals surface area contributed by atoms with Crippen molar-refractivity contribution in [3.05, 3.63) is 0 Å². The van der Waals surface area contributed by atoms with E-state index in [1.807, 2.05) is 6.92 Å². The number of esters is 1. The van der Waals surface area contributed by atoms with Gasteiger partial charge in [0.1, 0.15) is 0 Å². The summed E-state index contributed by atoms with van der Waals surface area (Å²) >= 11 is 1.37. The lowest BCUT2D eigenvalue weighted by atomic mass is 10.4. The normalized spacial score (nSPS) is 11.7. The summed E-state index contributed by atoms with van der Waals surface area (Å²) < 4.78 is 9.43. The van der Waals surface area contributed by atoms with E-state index in [2.05, 4.69) is 10.1 Å². The summed E-state index contributed by atoms with van der Waals surface area (Å²) in [7, 11) is 1.32. The van der Waals surface area contributed by atoms with Crippen LogP contribution in [0.3, 0.4) is 0 Å². The number of hydrogen-bond acceptors (Lipinski definition) is 5. The molecule has 1 N–H and O–H groups in total. The quantitative estimate of drug-likeness (QED) is 0.423. The van der Waals surface area contributed by atoms with Crippen molar-refractivity contribution in [2.45, 2.75) is 31.6 Å². The van der Waals surface area contributed by atoms with Crippen molar-refractivity contribution < 1.29 is 19.1 Å². The van der Waals surface area contributed by atoms with Gasteiger partial charge >= 0.3 is 12.1 Å². The van der Waals surface area contributed by atoms with E-state index in [1.165, 1.54) is 18.9 Å². The Morgan fingerprint density at radius 1 is 1.44 bits per heavy atom. The molecule has 1 unspecified atom stereocenters. The van der Waals surface area contributed by atoms with Crippen LogP contribution in [0.25, 0.3) is 0 Å². The molecular weight excluding hydrogens is 230 g/mol. The van der Waals surface area contributed by atoms with Gasteiger partial charge in [-0.15, -0.1) is 11.8 Å². The number of carbonyl (C=O) groups excluding carboxylic acids is 2. The molecule has 0 radical (unpaired) electrons. The first-order valence-corrected chi connectivity index (χ1v) is 6.45. The fourth-order valence-corrected chi connectivity index (χ4v) is 1.43. The number of amides is 1. The minimum Gasteiger partial charge on any atom is -0.469 e. The van der Waals surface area contributed by atoms with Crippen molar-refractivity contribution in [1.82, 2.24) is 5.32 Å². The molecule has 16 heavy (non-hydrogen) atoms. The van der Waals surface area contributed by atoms with Crippen molar-refractivity contribution in [1.29, 1.82) is 0 Å². The molecule has 94 valence electrons. The van der Waals surface area contributed by atoms with E-state index >= 15 is 0 Å². The van der Waals surface area contributed by atoms with Crippen molar-refractivity contribution in [2.24, 2.45) is 0 Å². The Morgan fingerprint density at radius 2 is 2.12 bits per heavy atom. The molecule has 6 heteroatoms. The van der Waals surface area contributed by atoms with Crippen LogP contribution in [0.2, 0.25) is 0 Å². The number of carbonyl (C=O) groups is 2. The van der Waals surface area contributed by atoms with E-state index in [9.17, 15) is 9.59 Å².